The van der Waals surface area contributed by atoms with Gasteiger partial charge in [-0.25, -0.2) is 4.98 Å². The number of aryl methyl sites for hydroxylation is 2. The van der Waals surface area contributed by atoms with E-state index in [0.717, 1.165) is 47.9 Å². The first-order valence-electron chi connectivity index (χ1n) is 7.36. The molecule has 1 amide bonds. The molecule has 0 bridgehead atoms. The number of aromatic nitrogens is 1. The molecule has 1 fully saturated rings. The van der Waals surface area contributed by atoms with Crippen molar-refractivity contribution in [3.05, 3.63) is 15.6 Å². The van der Waals surface area contributed by atoms with Crippen molar-refractivity contribution < 1.29 is 4.79 Å². The molecule has 1 atom stereocenters. The number of halogens is 2. The van der Waals surface area contributed by atoms with Crippen LogP contribution in [0.5, 0.6) is 0 Å². The van der Waals surface area contributed by atoms with Gasteiger partial charge in [-0.05, 0) is 31.6 Å². The molecule has 0 saturated carbocycles. The predicted molar refractivity (Wildman–Crippen MR) is 97.6 cm³/mol. The highest BCUT2D eigenvalue weighted by molar-refractivity contribution is 7.13. The molecule has 1 saturated heterocycles. The molecule has 0 spiro atoms. The lowest BCUT2D eigenvalue weighted by Crippen LogP contribution is -2.53. The Morgan fingerprint density at radius 2 is 2.09 bits per heavy atom. The van der Waals surface area contributed by atoms with Gasteiger partial charge in [-0.15, -0.1) is 36.2 Å². The summed E-state index contributed by atoms with van der Waals surface area (Å²) in [7, 11) is 0. The summed E-state index contributed by atoms with van der Waals surface area (Å²) in [5.74, 6) is 0.127. The Hall–Kier alpha value is -0.360. The summed E-state index contributed by atoms with van der Waals surface area (Å²) in [5.41, 5.74) is 7.00. The summed E-state index contributed by atoms with van der Waals surface area (Å²) in [6.07, 6.45) is 2.89. The predicted octanol–water partition coefficient (Wildman–Crippen LogP) is 3.45. The minimum Gasteiger partial charge on any atom is -0.337 e. The number of nitrogens with two attached hydrogens (primary N) is 1. The zero-order chi connectivity index (χ0) is 14.9. The lowest BCUT2D eigenvalue weighted by molar-refractivity contribution is 0.0536. The summed E-state index contributed by atoms with van der Waals surface area (Å²) >= 11 is 1.55. The maximum Gasteiger partial charge on any atom is 0.265 e. The minimum atomic E-state index is -0.0151. The van der Waals surface area contributed by atoms with Gasteiger partial charge in [0.25, 0.3) is 5.91 Å². The van der Waals surface area contributed by atoms with Crippen LogP contribution >= 0.6 is 36.2 Å². The summed E-state index contributed by atoms with van der Waals surface area (Å²) in [6.45, 7) is 9.83. The Morgan fingerprint density at radius 3 is 2.64 bits per heavy atom. The first kappa shape index (κ1) is 21.6. The van der Waals surface area contributed by atoms with Crippen LogP contribution in [0.2, 0.25) is 0 Å². The topological polar surface area (TPSA) is 59.2 Å². The molecule has 2 heterocycles. The molecule has 0 radical (unpaired) electrons. The number of likely N-dealkylation sites (tertiary alicyclic amines) is 1. The maximum absolute atomic E-state index is 12.7. The van der Waals surface area contributed by atoms with Gasteiger partial charge in [0.05, 0.1) is 10.7 Å². The van der Waals surface area contributed by atoms with Gasteiger partial charge in [0.2, 0.25) is 0 Å². The Balaban J connectivity index is 0.00000220. The van der Waals surface area contributed by atoms with E-state index in [-0.39, 0.29) is 42.2 Å². The fourth-order valence-electron chi connectivity index (χ4n) is 2.66. The highest BCUT2D eigenvalue weighted by Crippen LogP contribution is 2.30. The quantitative estimate of drug-likeness (QED) is 0.889. The van der Waals surface area contributed by atoms with E-state index in [2.05, 4.69) is 25.8 Å². The normalized spacial score (nSPS) is 20.0. The molecule has 2 N–H and O–H groups in total. The average Bonchev–Trinajstić information content (AvgIpc) is 2.73. The molecule has 2 rings (SSSR count). The van der Waals surface area contributed by atoms with E-state index >= 15 is 0 Å². The zero-order valence-electron chi connectivity index (χ0n) is 13.7. The number of hydrogen-bond donors (Lipinski definition) is 1. The van der Waals surface area contributed by atoms with E-state index < -0.39 is 0 Å². The smallest absolute Gasteiger partial charge is 0.265 e. The van der Waals surface area contributed by atoms with Crippen LogP contribution in [0.1, 0.15) is 54.0 Å². The van der Waals surface area contributed by atoms with Gasteiger partial charge in [0.1, 0.15) is 4.88 Å². The fraction of sp³-hybridized carbons (Fsp3) is 0.733. The molecule has 7 heteroatoms. The molecule has 22 heavy (non-hydrogen) atoms. The van der Waals surface area contributed by atoms with Crippen molar-refractivity contribution in [2.45, 2.75) is 53.0 Å². The molecule has 1 aromatic rings. The van der Waals surface area contributed by atoms with E-state index in [1.807, 2.05) is 11.8 Å². The highest BCUT2D eigenvalue weighted by Gasteiger charge is 2.36. The number of carbonyl (C=O) groups is 1. The van der Waals surface area contributed by atoms with Crippen molar-refractivity contribution >= 4 is 42.1 Å². The maximum atomic E-state index is 12.7. The summed E-state index contributed by atoms with van der Waals surface area (Å²) in [6, 6.07) is 0.171. The number of piperidine rings is 1. The Labute approximate surface area is 149 Å². The number of rotatable bonds is 3. The number of thiazole rings is 1. The average molecular weight is 368 g/mol. The van der Waals surface area contributed by atoms with Crippen molar-refractivity contribution in [1.82, 2.24) is 9.88 Å². The highest BCUT2D eigenvalue weighted by atomic mass is 35.5. The molecule has 0 aliphatic carbocycles. The second-order valence-electron chi connectivity index (χ2n) is 6.38. The van der Waals surface area contributed by atoms with Gasteiger partial charge < -0.3 is 10.6 Å². The minimum absolute atomic E-state index is 0. The van der Waals surface area contributed by atoms with E-state index in [9.17, 15) is 4.79 Å². The van der Waals surface area contributed by atoms with Crippen molar-refractivity contribution in [1.29, 1.82) is 0 Å². The second-order valence-corrected chi connectivity index (χ2v) is 7.47. The van der Waals surface area contributed by atoms with Crippen LogP contribution < -0.4 is 5.73 Å². The van der Waals surface area contributed by atoms with Crippen molar-refractivity contribution in [2.75, 3.05) is 13.1 Å². The summed E-state index contributed by atoms with van der Waals surface area (Å²) in [4.78, 5) is 20.0. The molecule has 1 aliphatic rings. The molecular weight excluding hydrogens is 341 g/mol. The molecule has 1 aliphatic heterocycles. The lowest BCUT2D eigenvalue weighted by atomic mass is 9.79. The third-order valence-electron chi connectivity index (χ3n) is 4.10. The fourth-order valence-corrected chi connectivity index (χ4v) is 3.80. The molecule has 4 nitrogen and oxygen atoms in total. The van der Waals surface area contributed by atoms with Crippen molar-refractivity contribution in [3.8, 4) is 0 Å². The van der Waals surface area contributed by atoms with Crippen LogP contribution in [0.15, 0.2) is 0 Å². The third kappa shape index (κ3) is 4.57. The van der Waals surface area contributed by atoms with Crippen LogP contribution in [0, 0.1) is 12.3 Å². The summed E-state index contributed by atoms with van der Waals surface area (Å²) < 4.78 is 0. The lowest BCUT2D eigenvalue weighted by Gasteiger charge is -2.42. The van der Waals surface area contributed by atoms with E-state index in [4.69, 9.17) is 5.73 Å². The number of nitrogens with zero attached hydrogens (tertiary/aromatic N) is 2. The third-order valence-corrected chi connectivity index (χ3v) is 5.30. The van der Waals surface area contributed by atoms with Gasteiger partial charge >= 0.3 is 0 Å². The largest absolute Gasteiger partial charge is 0.337 e. The van der Waals surface area contributed by atoms with Crippen LogP contribution in [0.25, 0.3) is 0 Å². The number of amides is 1. The van der Waals surface area contributed by atoms with Crippen molar-refractivity contribution in [3.63, 3.8) is 0 Å². The molecule has 1 aromatic heterocycles. The molecule has 1 unspecified atom stereocenters. The SMILES string of the molecule is CCCc1nc(C)c(C(=O)N2CCC(N)C(C)(C)C2)s1.Cl.Cl. The Kier molecular flexibility index (Phi) is 8.34. The first-order valence-corrected chi connectivity index (χ1v) is 8.18. The monoisotopic (exact) mass is 367 g/mol. The standard InChI is InChI=1S/C15H25N3OS.2ClH/c1-5-6-12-17-10(2)13(20-12)14(19)18-8-7-11(16)15(3,4)9-18;;/h11H,5-9,16H2,1-4H3;2*1H. The second kappa shape index (κ2) is 8.48. The van der Waals surface area contributed by atoms with E-state index in [0.29, 0.717) is 0 Å². The number of carbonyl (C=O) groups excluding carboxylic acids is 1. The van der Waals surface area contributed by atoms with E-state index in [1.165, 1.54) is 0 Å². The Morgan fingerprint density at radius 1 is 1.45 bits per heavy atom. The van der Waals surface area contributed by atoms with Gasteiger partial charge in [-0.2, -0.15) is 0 Å². The number of hydrogen-bond acceptors (Lipinski definition) is 4. The van der Waals surface area contributed by atoms with Crippen LogP contribution in [0.3, 0.4) is 0 Å². The van der Waals surface area contributed by atoms with Gasteiger partial charge in [-0.3, -0.25) is 4.79 Å². The van der Waals surface area contributed by atoms with Gasteiger partial charge in [-0.1, -0.05) is 20.8 Å². The molecule has 128 valence electrons. The Bertz CT molecular complexity index is 505. The van der Waals surface area contributed by atoms with Crippen LogP contribution in [-0.4, -0.2) is 34.9 Å². The van der Waals surface area contributed by atoms with Crippen LogP contribution in [-0.2, 0) is 6.42 Å². The molecular formula is C15H27Cl2N3OS. The van der Waals surface area contributed by atoms with Crippen molar-refractivity contribution in [2.24, 2.45) is 11.1 Å². The molecule has 0 aromatic carbocycles. The first-order chi connectivity index (χ1) is 9.35. The summed E-state index contributed by atoms with van der Waals surface area (Å²) in [5, 5.41) is 1.07. The van der Waals surface area contributed by atoms with Gasteiger partial charge in [0.15, 0.2) is 0 Å². The van der Waals surface area contributed by atoms with Gasteiger partial charge in [0, 0.05) is 19.1 Å². The zero-order valence-corrected chi connectivity index (χ0v) is 16.2. The van der Waals surface area contributed by atoms with E-state index in [1.54, 1.807) is 11.3 Å². The van der Waals surface area contributed by atoms with Crippen LogP contribution in [0.4, 0.5) is 0 Å².